The van der Waals surface area contributed by atoms with Gasteiger partial charge in [-0.25, -0.2) is 17.8 Å². The molecule has 1 aliphatic rings. The number of thiophene rings is 1. The van der Waals surface area contributed by atoms with E-state index in [2.05, 4.69) is 19.9 Å². The number of nitrogens with two attached hydrogens (primary N) is 1. The lowest BCUT2D eigenvalue weighted by Gasteiger charge is -2.30. The number of nitrogens with one attached hydrogen (secondary N) is 2. The van der Waals surface area contributed by atoms with E-state index in [1.54, 1.807) is 11.4 Å². The fourth-order valence-corrected chi connectivity index (χ4v) is 6.49. The molecule has 12 heteroatoms. The number of amides is 1. The van der Waals surface area contributed by atoms with Crippen LogP contribution in [0.5, 0.6) is 0 Å². The zero-order chi connectivity index (χ0) is 22.0. The van der Waals surface area contributed by atoms with Crippen LogP contribution in [0, 0.1) is 11.7 Å². The standard InChI is InChI=1S/C19H22FN5O3S3/c20-14-10-13(24-31(27,28)16-2-1-9-29-16)11-15-17(14)22-19(30-15)23-18(26)12-3-6-25(7-4-12)8-5-21/h1-2,9-12,24H,3-8,21H2,(H,22,23,26). The second kappa shape index (κ2) is 9.17. The number of likely N-dealkylation sites (tertiary alicyclic amines) is 1. The highest BCUT2D eigenvalue weighted by Gasteiger charge is 2.25. The summed E-state index contributed by atoms with van der Waals surface area (Å²) in [5.41, 5.74) is 5.78. The fourth-order valence-electron chi connectivity index (χ4n) is 3.53. The van der Waals surface area contributed by atoms with Crippen LogP contribution in [0.4, 0.5) is 15.2 Å². The van der Waals surface area contributed by atoms with Crippen LogP contribution in [-0.4, -0.2) is 50.4 Å². The Morgan fingerprint density at radius 1 is 1.32 bits per heavy atom. The molecule has 1 saturated heterocycles. The Hall–Kier alpha value is -2.12. The summed E-state index contributed by atoms with van der Waals surface area (Å²) in [5, 5.41) is 4.73. The van der Waals surface area contributed by atoms with E-state index in [0.29, 0.717) is 16.4 Å². The molecular formula is C19H22FN5O3S3. The molecule has 1 fully saturated rings. The first-order valence-electron chi connectivity index (χ1n) is 9.75. The van der Waals surface area contributed by atoms with Crippen LogP contribution in [0.15, 0.2) is 33.9 Å². The van der Waals surface area contributed by atoms with Crippen LogP contribution in [0.1, 0.15) is 12.8 Å². The third kappa shape index (κ3) is 5.04. The molecule has 3 heterocycles. The van der Waals surface area contributed by atoms with E-state index >= 15 is 0 Å². The topological polar surface area (TPSA) is 117 Å². The molecule has 2 aromatic heterocycles. The molecule has 0 saturated carbocycles. The number of nitrogens with zero attached hydrogens (tertiary/aromatic N) is 2. The van der Waals surface area contributed by atoms with Crippen molar-refractivity contribution in [2.75, 3.05) is 36.2 Å². The molecule has 166 valence electrons. The maximum absolute atomic E-state index is 14.6. The van der Waals surface area contributed by atoms with Gasteiger partial charge in [0.25, 0.3) is 10.0 Å². The average molecular weight is 484 g/mol. The number of fused-ring (bicyclic) bond motifs is 1. The third-order valence-electron chi connectivity index (χ3n) is 5.09. The van der Waals surface area contributed by atoms with E-state index in [4.69, 9.17) is 5.73 Å². The lowest BCUT2D eigenvalue weighted by atomic mass is 9.96. The number of carbonyl (C=O) groups excluding carboxylic acids is 1. The van der Waals surface area contributed by atoms with Gasteiger partial charge in [-0.1, -0.05) is 17.4 Å². The van der Waals surface area contributed by atoms with Gasteiger partial charge < -0.3 is 16.0 Å². The van der Waals surface area contributed by atoms with Crippen LogP contribution < -0.4 is 15.8 Å². The van der Waals surface area contributed by atoms with Gasteiger partial charge in [0.1, 0.15) is 9.73 Å². The molecule has 1 aromatic carbocycles. The van der Waals surface area contributed by atoms with E-state index in [-0.39, 0.29) is 27.2 Å². The first kappa shape index (κ1) is 22.1. The summed E-state index contributed by atoms with van der Waals surface area (Å²) in [7, 11) is -3.79. The van der Waals surface area contributed by atoms with Gasteiger partial charge in [-0.2, -0.15) is 0 Å². The van der Waals surface area contributed by atoms with Crippen molar-refractivity contribution in [2.24, 2.45) is 11.7 Å². The number of hydrogen-bond acceptors (Lipinski definition) is 8. The second-order valence-electron chi connectivity index (χ2n) is 7.26. The molecule has 0 unspecified atom stereocenters. The molecule has 31 heavy (non-hydrogen) atoms. The first-order chi connectivity index (χ1) is 14.9. The Morgan fingerprint density at radius 3 is 2.77 bits per heavy atom. The Bertz CT molecular complexity index is 1170. The van der Waals surface area contributed by atoms with E-state index in [1.807, 2.05) is 0 Å². The van der Waals surface area contributed by atoms with Crippen LogP contribution in [0.3, 0.4) is 0 Å². The summed E-state index contributed by atoms with van der Waals surface area (Å²) in [6.07, 6.45) is 1.47. The second-order valence-corrected chi connectivity index (χ2v) is 11.1. The molecule has 0 aliphatic carbocycles. The van der Waals surface area contributed by atoms with Gasteiger partial charge in [-0.05, 0) is 43.4 Å². The van der Waals surface area contributed by atoms with Gasteiger partial charge in [-0.3, -0.25) is 9.52 Å². The third-order valence-corrected chi connectivity index (χ3v) is 8.79. The predicted molar refractivity (Wildman–Crippen MR) is 122 cm³/mol. The van der Waals surface area contributed by atoms with Crippen molar-refractivity contribution in [2.45, 2.75) is 17.1 Å². The van der Waals surface area contributed by atoms with Crippen molar-refractivity contribution in [3.63, 3.8) is 0 Å². The Kier molecular flexibility index (Phi) is 6.53. The van der Waals surface area contributed by atoms with Gasteiger partial charge in [0, 0.05) is 25.1 Å². The highest BCUT2D eigenvalue weighted by atomic mass is 32.2. The predicted octanol–water partition coefficient (Wildman–Crippen LogP) is 2.91. The highest BCUT2D eigenvalue weighted by Crippen LogP contribution is 2.32. The number of halogens is 1. The molecule has 3 aromatic rings. The van der Waals surface area contributed by atoms with Crippen molar-refractivity contribution >= 4 is 59.6 Å². The lowest BCUT2D eigenvalue weighted by molar-refractivity contribution is -0.121. The molecule has 1 amide bonds. The number of carbonyl (C=O) groups is 1. The van der Waals surface area contributed by atoms with Crippen LogP contribution in [0.2, 0.25) is 0 Å². The van der Waals surface area contributed by atoms with Gasteiger partial charge >= 0.3 is 0 Å². The molecule has 0 bridgehead atoms. The Morgan fingerprint density at radius 2 is 2.10 bits per heavy atom. The minimum absolute atomic E-state index is 0.0946. The molecular weight excluding hydrogens is 461 g/mol. The minimum Gasteiger partial charge on any atom is -0.329 e. The summed E-state index contributed by atoms with van der Waals surface area (Å²) >= 11 is 2.18. The summed E-state index contributed by atoms with van der Waals surface area (Å²) < 4.78 is 42.3. The molecule has 8 nitrogen and oxygen atoms in total. The molecule has 1 aliphatic heterocycles. The van der Waals surface area contributed by atoms with Crippen molar-refractivity contribution < 1.29 is 17.6 Å². The number of thiazole rings is 1. The van der Waals surface area contributed by atoms with Crippen molar-refractivity contribution in [1.82, 2.24) is 9.88 Å². The molecule has 0 atom stereocenters. The Labute approximate surface area is 187 Å². The van der Waals surface area contributed by atoms with Gasteiger partial charge in [0.2, 0.25) is 5.91 Å². The minimum atomic E-state index is -3.79. The van der Waals surface area contributed by atoms with Crippen molar-refractivity contribution in [3.05, 3.63) is 35.5 Å². The smallest absolute Gasteiger partial charge is 0.271 e. The summed E-state index contributed by atoms with van der Waals surface area (Å²) in [5.74, 6) is -0.919. The average Bonchev–Trinajstić information content (AvgIpc) is 3.39. The number of aromatic nitrogens is 1. The maximum atomic E-state index is 14.6. The fraction of sp³-hybridized carbons (Fsp3) is 0.368. The van der Waals surface area contributed by atoms with Crippen molar-refractivity contribution in [3.8, 4) is 0 Å². The zero-order valence-electron chi connectivity index (χ0n) is 16.5. The number of hydrogen-bond donors (Lipinski definition) is 3. The molecule has 4 N–H and O–H groups in total. The Balaban J connectivity index is 1.47. The monoisotopic (exact) mass is 483 g/mol. The van der Waals surface area contributed by atoms with E-state index in [0.717, 1.165) is 61.2 Å². The number of piperidine rings is 1. The highest BCUT2D eigenvalue weighted by molar-refractivity contribution is 7.94. The van der Waals surface area contributed by atoms with Gasteiger partial charge in [-0.15, -0.1) is 11.3 Å². The normalized spacial score (nSPS) is 15.9. The number of benzene rings is 1. The number of rotatable bonds is 7. The quantitative estimate of drug-likeness (QED) is 0.476. The van der Waals surface area contributed by atoms with E-state index < -0.39 is 15.8 Å². The van der Waals surface area contributed by atoms with Crippen LogP contribution in [0.25, 0.3) is 10.2 Å². The molecule has 0 radical (unpaired) electrons. The lowest BCUT2D eigenvalue weighted by Crippen LogP contribution is -2.40. The summed E-state index contributed by atoms with van der Waals surface area (Å²) in [6, 6.07) is 5.71. The number of anilines is 2. The molecule has 0 spiro atoms. The first-order valence-corrected chi connectivity index (χ1v) is 12.9. The van der Waals surface area contributed by atoms with E-state index in [1.165, 1.54) is 12.1 Å². The number of sulfonamides is 1. The van der Waals surface area contributed by atoms with Crippen LogP contribution in [-0.2, 0) is 14.8 Å². The van der Waals surface area contributed by atoms with Crippen molar-refractivity contribution in [1.29, 1.82) is 0 Å². The van der Waals surface area contributed by atoms with Gasteiger partial charge in [0.15, 0.2) is 10.9 Å². The summed E-state index contributed by atoms with van der Waals surface area (Å²) in [6.45, 7) is 3.05. The molecule has 4 rings (SSSR count). The van der Waals surface area contributed by atoms with Crippen LogP contribution >= 0.6 is 22.7 Å². The zero-order valence-corrected chi connectivity index (χ0v) is 19.0. The largest absolute Gasteiger partial charge is 0.329 e. The van der Waals surface area contributed by atoms with E-state index in [9.17, 15) is 17.6 Å². The van der Waals surface area contributed by atoms with Gasteiger partial charge in [0.05, 0.1) is 10.4 Å². The summed E-state index contributed by atoms with van der Waals surface area (Å²) in [4.78, 5) is 19.0. The SMILES string of the molecule is NCCN1CCC(C(=O)Nc2nc3c(F)cc(NS(=O)(=O)c4cccs4)cc3s2)CC1. The maximum Gasteiger partial charge on any atom is 0.271 e.